The number of aryl methyl sites for hydroxylation is 1. The van der Waals surface area contributed by atoms with Crippen molar-refractivity contribution in [3.05, 3.63) is 71.3 Å². The van der Waals surface area contributed by atoms with Crippen LogP contribution in [0.1, 0.15) is 23.1 Å². The van der Waals surface area contributed by atoms with Crippen LogP contribution in [0.2, 0.25) is 0 Å². The molecule has 4 nitrogen and oxygen atoms in total. The summed E-state index contributed by atoms with van der Waals surface area (Å²) in [5, 5.41) is 18.4. The zero-order valence-electron chi connectivity index (χ0n) is 15.7. The molecule has 0 bridgehead atoms. The molecule has 160 valence electrons. The van der Waals surface area contributed by atoms with Crippen LogP contribution in [-0.4, -0.2) is 35.6 Å². The lowest BCUT2D eigenvalue weighted by molar-refractivity contribution is -0.138. The van der Waals surface area contributed by atoms with Crippen LogP contribution in [0.4, 0.5) is 13.2 Å². The van der Waals surface area contributed by atoms with Gasteiger partial charge in [0.1, 0.15) is 12.4 Å². The third kappa shape index (κ3) is 7.70. The van der Waals surface area contributed by atoms with Gasteiger partial charge in [-0.1, -0.05) is 42.5 Å². The number of aliphatic hydroxyl groups is 2. The van der Waals surface area contributed by atoms with Crippen LogP contribution < -0.4 is 10.5 Å². The van der Waals surface area contributed by atoms with E-state index in [9.17, 15) is 23.4 Å². The van der Waals surface area contributed by atoms with Gasteiger partial charge in [-0.2, -0.15) is 13.2 Å². The molecule has 0 saturated carbocycles. The Morgan fingerprint density at radius 2 is 1.66 bits per heavy atom. The number of benzene rings is 2. The van der Waals surface area contributed by atoms with Gasteiger partial charge in [0.2, 0.25) is 0 Å². The summed E-state index contributed by atoms with van der Waals surface area (Å²) in [5.41, 5.74) is 5.01. The van der Waals surface area contributed by atoms with Gasteiger partial charge in [-0.25, -0.2) is 0 Å². The van der Waals surface area contributed by atoms with E-state index in [0.717, 1.165) is 11.6 Å². The van der Waals surface area contributed by atoms with Crippen molar-refractivity contribution in [2.24, 2.45) is 5.73 Å². The van der Waals surface area contributed by atoms with Crippen molar-refractivity contribution in [3.8, 4) is 5.75 Å². The highest BCUT2D eigenvalue weighted by Crippen LogP contribution is 2.37. The smallest absolute Gasteiger partial charge is 0.419 e. The van der Waals surface area contributed by atoms with Gasteiger partial charge in [0.15, 0.2) is 0 Å². The van der Waals surface area contributed by atoms with Gasteiger partial charge in [0.25, 0.3) is 0 Å². The van der Waals surface area contributed by atoms with Crippen molar-refractivity contribution in [3.63, 3.8) is 0 Å². The first kappa shape index (κ1) is 25.0. The molecule has 0 unspecified atom stereocenters. The molecule has 2 aromatic rings. The molecule has 0 heterocycles. The van der Waals surface area contributed by atoms with Gasteiger partial charge in [-0.05, 0) is 42.2 Å². The molecule has 0 aliphatic rings. The molecule has 0 saturated heterocycles. The Kier molecular flexibility index (Phi) is 9.65. The maximum Gasteiger partial charge on any atom is 0.419 e. The highest BCUT2D eigenvalue weighted by atomic mass is 35.5. The highest BCUT2D eigenvalue weighted by Gasteiger charge is 2.35. The van der Waals surface area contributed by atoms with Crippen LogP contribution in [0.15, 0.2) is 54.6 Å². The van der Waals surface area contributed by atoms with Crippen LogP contribution in [0.3, 0.4) is 0 Å². The van der Waals surface area contributed by atoms with Crippen molar-refractivity contribution in [1.82, 2.24) is 0 Å². The molecule has 0 radical (unpaired) electrons. The Morgan fingerprint density at radius 3 is 2.24 bits per heavy atom. The molecule has 8 heteroatoms. The summed E-state index contributed by atoms with van der Waals surface area (Å²) in [6.07, 6.45) is -0.810. The fourth-order valence-electron chi connectivity index (χ4n) is 2.57. The second-order valence-electron chi connectivity index (χ2n) is 6.63. The molecule has 0 aliphatic heterocycles. The first-order valence-electron chi connectivity index (χ1n) is 8.82. The number of alkyl halides is 3. The van der Waals surface area contributed by atoms with Crippen LogP contribution in [0, 0.1) is 0 Å². The van der Waals surface area contributed by atoms with Crippen molar-refractivity contribution < 1.29 is 28.1 Å². The molecule has 0 aromatic heterocycles. The van der Waals surface area contributed by atoms with Gasteiger partial charge in [-0.15, -0.1) is 12.4 Å². The van der Waals surface area contributed by atoms with E-state index in [1.807, 2.05) is 30.3 Å². The molecule has 0 spiro atoms. The van der Waals surface area contributed by atoms with Gasteiger partial charge < -0.3 is 20.7 Å². The number of ether oxygens (including phenoxy) is 1. The normalized spacial score (nSPS) is 12.1. The Balaban J connectivity index is 0.00000420. The van der Waals surface area contributed by atoms with Crippen LogP contribution >= 0.6 is 12.4 Å². The molecule has 0 atom stereocenters. The zero-order chi connectivity index (χ0) is 20.6. The van der Waals surface area contributed by atoms with E-state index in [2.05, 4.69) is 0 Å². The number of halogens is 4. The lowest BCUT2D eigenvalue weighted by atomic mass is 9.93. The molecule has 4 N–H and O–H groups in total. The number of nitrogens with two attached hydrogens (primary N) is 1. The standard InChI is InChI=1S/C21H24F3NO3.ClH/c22-21(23,24)18-13-17(10-11-20(25,14-26)15-27)8-9-19(18)28-12-4-7-16-5-2-1-3-6-16;/h1-9,13,26-27H,10-12,14-15,25H2;1H. The first-order valence-corrected chi connectivity index (χ1v) is 8.82. The molecule has 0 amide bonds. The predicted octanol–water partition coefficient (Wildman–Crippen LogP) is 3.83. The summed E-state index contributed by atoms with van der Waals surface area (Å²) in [6.45, 7) is -0.909. The number of hydrogen-bond acceptors (Lipinski definition) is 4. The largest absolute Gasteiger partial charge is 0.489 e. The second kappa shape index (κ2) is 11.2. The summed E-state index contributed by atoms with van der Waals surface area (Å²) in [4.78, 5) is 0. The van der Waals surface area contributed by atoms with E-state index in [0.29, 0.717) is 5.56 Å². The Labute approximate surface area is 174 Å². The Bertz CT molecular complexity index is 778. The summed E-state index contributed by atoms with van der Waals surface area (Å²) < 4.78 is 45.5. The minimum Gasteiger partial charge on any atom is -0.489 e. The average molecular weight is 432 g/mol. The zero-order valence-corrected chi connectivity index (χ0v) is 16.5. The second-order valence-corrected chi connectivity index (χ2v) is 6.63. The van der Waals surface area contributed by atoms with Crippen molar-refractivity contribution in [1.29, 1.82) is 0 Å². The lowest BCUT2D eigenvalue weighted by Crippen LogP contribution is -2.47. The number of hydrogen-bond donors (Lipinski definition) is 3. The third-order valence-corrected chi connectivity index (χ3v) is 4.34. The van der Waals surface area contributed by atoms with E-state index >= 15 is 0 Å². The average Bonchev–Trinajstić information content (AvgIpc) is 2.70. The molecule has 2 rings (SSSR count). The third-order valence-electron chi connectivity index (χ3n) is 4.34. The molecule has 0 aliphatic carbocycles. The van der Waals surface area contributed by atoms with E-state index in [-0.39, 0.29) is 37.6 Å². The maximum atomic E-state index is 13.4. The van der Waals surface area contributed by atoms with Crippen LogP contribution in [0.5, 0.6) is 5.75 Å². The Hall–Kier alpha value is -2.06. The van der Waals surface area contributed by atoms with Gasteiger partial charge >= 0.3 is 6.18 Å². The monoisotopic (exact) mass is 431 g/mol. The van der Waals surface area contributed by atoms with E-state index in [1.165, 1.54) is 12.1 Å². The van der Waals surface area contributed by atoms with E-state index < -0.39 is 30.5 Å². The summed E-state index contributed by atoms with van der Waals surface area (Å²) >= 11 is 0. The maximum absolute atomic E-state index is 13.4. The SMILES string of the molecule is Cl.NC(CO)(CO)CCc1ccc(OCC=Cc2ccccc2)c(C(F)(F)F)c1. The van der Waals surface area contributed by atoms with Crippen molar-refractivity contribution in [2.45, 2.75) is 24.6 Å². The summed E-state index contributed by atoms with van der Waals surface area (Å²) in [5.74, 6) is -0.253. The molecular weight excluding hydrogens is 407 g/mol. The summed E-state index contributed by atoms with van der Waals surface area (Å²) in [7, 11) is 0. The minimum absolute atomic E-state index is 0. The Morgan fingerprint density at radius 1 is 1.00 bits per heavy atom. The lowest BCUT2D eigenvalue weighted by Gasteiger charge is -2.24. The summed E-state index contributed by atoms with van der Waals surface area (Å²) in [6, 6.07) is 13.2. The first-order chi connectivity index (χ1) is 13.3. The highest BCUT2D eigenvalue weighted by molar-refractivity contribution is 5.85. The topological polar surface area (TPSA) is 75.7 Å². The van der Waals surface area contributed by atoms with Crippen LogP contribution in [0.25, 0.3) is 6.08 Å². The molecule has 0 fully saturated rings. The minimum atomic E-state index is -4.57. The van der Waals surface area contributed by atoms with Crippen molar-refractivity contribution in [2.75, 3.05) is 19.8 Å². The van der Waals surface area contributed by atoms with Crippen LogP contribution in [-0.2, 0) is 12.6 Å². The molecule has 2 aromatic carbocycles. The van der Waals surface area contributed by atoms with Gasteiger partial charge in [0.05, 0.1) is 24.3 Å². The molecular formula is C21H25ClF3NO3. The van der Waals surface area contributed by atoms with Gasteiger partial charge in [0, 0.05) is 0 Å². The van der Waals surface area contributed by atoms with E-state index in [4.69, 9.17) is 10.5 Å². The number of rotatable bonds is 9. The fourth-order valence-corrected chi connectivity index (χ4v) is 2.57. The molecule has 29 heavy (non-hydrogen) atoms. The fraction of sp³-hybridized carbons (Fsp3) is 0.333. The van der Waals surface area contributed by atoms with Crippen molar-refractivity contribution >= 4 is 18.5 Å². The van der Waals surface area contributed by atoms with Gasteiger partial charge in [-0.3, -0.25) is 0 Å². The quantitative estimate of drug-likeness (QED) is 0.564. The van der Waals surface area contributed by atoms with E-state index in [1.54, 1.807) is 12.2 Å². The number of aliphatic hydroxyl groups excluding tert-OH is 2. The predicted molar refractivity (Wildman–Crippen MR) is 109 cm³/mol.